The molecule has 0 spiro atoms. The van der Waals surface area contributed by atoms with E-state index in [2.05, 4.69) is 44.2 Å². The van der Waals surface area contributed by atoms with Crippen molar-refractivity contribution in [3.63, 3.8) is 0 Å². The maximum absolute atomic E-state index is 10.9. The quantitative estimate of drug-likeness (QED) is 0.217. The number of benzene rings is 2. The Morgan fingerprint density at radius 3 is 1.91 bits per heavy atom. The Morgan fingerprint density at radius 2 is 1.33 bits per heavy atom. The van der Waals surface area contributed by atoms with Gasteiger partial charge in [0.2, 0.25) is 0 Å². The number of fused-ring (bicyclic) bond motifs is 10. The van der Waals surface area contributed by atoms with Gasteiger partial charge in [0, 0.05) is 5.41 Å². The molecule has 2 aromatic carbocycles. The van der Waals surface area contributed by atoms with Crippen molar-refractivity contribution in [3.8, 4) is 23.8 Å². The predicted octanol–water partition coefficient (Wildman–Crippen LogP) is 8.57. The minimum absolute atomic E-state index is 0.128. The maximum atomic E-state index is 10.9. The number of aliphatic hydroxyl groups is 1. The van der Waals surface area contributed by atoms with Crippen molar-refractivity contribution in [3.05, 3.63) is 76.5 Å². The Hall–Kier alpha value is -2.92. The lowest BCUT2D eigenvalue weighted by Gasteiger charge is -2.52. The first-order valence-corrected chi connectivity index (χ1v) is 16.8. The SMILES string of the molecule is C#C[C@]1(O)CCC2C3CCc4cc(O)ccc4C3CCC21C.C=C=C1CCC2C3CCc4cc(O)ccc4C3CCC12C. The second-order valence-corrected chi connectivity index (χ2v) is 15.2. The summed E-state index contributed by atoms with van der Waals surface area (Å²) in [6, 6.07) is 11.9. The van der Waals surface area contributed by atoms with E-state index < -0.39 is 5.60 Å². The molecule has 0 amide bonds. The first-order chi connectivity index (χ1) is 20.6. The molecule has 0 radical (unpaired) electrons. The lowest BCUT2D eigenvalue weighted by Crippen LogP contribution is -2.50. The van der Waals surface area contributed by atoms with Gasteiger partial charge in [0.25, 0.3) is 0 Å². The number of phenols is 2. The van der Waals surface area contributed by atoms with Crippen LogP contribution in [0.3, 0.4) is 0 Å². The molecule has 3 N–H and O–H groups in total. The Kier molecular flexibility index (Phi) is 6.92. The van der Waals surface area contributed by atoms with Crippen LogP contribution in [0.15, 0.2) is 54.3 Å². The number of phenolic OH excluding ortho intramolecular Hbond substituents is 2. The van der Waals surface area contributed by atoms with E-state index in [-0.39, 0.29) is 5.41 Å². The molecule has 6 aliphatic rings. The van der Waals surface area contributed by atoms with Crippen molar-refractivity contribution in [1.29, 1.82) is 0 Å². The fourth-order valence-corrected chi connectivity index (χ4v) is 11.5. The van der Waals surface area contributed by atoms with Crippen molar-refractivity contribution in [2.24, 2.45) is 34.5 Å². The lowest BCUT2D eigenvalue weighted by molar-refractivity contribution is -0.0646. The van der Waals surface area contributed by atoms with Crippen LogP contribution in [0, 0.1) is 46.8 Å². The Labute approximate surface area is 258 Å². The van der Waals surface area contributed by atoms with Crippen molar-refractivity contribution in [2.75, 3.05) is 0 Å². The lowest BCUT2D eigenvalue weighted by atomic mass is 9.53. The number of aryl methyl sites for hydroxylation is 2. The highest BCUT2D eigenvalue weighted by atomic mass is 16.3. The average molecular weight is 577 g/mol. The Morgan fingerprint density at radius 1 is 0.744 bits per heavy atom. The zero-order valence-corrected chi connectivity index (χ0v) is 26.0. The predicted molar refractivity (Wildman–Crippen MR) is 172 cm³/mol. The summed E-state index contributed by atoms with van der Waals surface area (Å²) in [6.45, 7) is 8.61. The average Bonchev–Trinajstić information content (AvgIpc) is 3.50. The van der Waals surface area contributed by atoms with Gasteiger partial charge in [-0.05, 0) is 170 Å². The van der Waals surface area contributed by atoms with E-state index >= 15 is 0 Å². The van der Waals surface area contributed by atoms with Crippen LogP contribution in [0.25, 0.3) is 0 Å². The molecule has 43 heavy (non-hydrogen) atoms. The smallest absolute Gasteiger partial charge is 0.130 e. The second kappa shape index (κ2) is 10.3. The fourth-order valence-electron chi connectivity index (χ4n) is 11.5. The molecule has 3 nitrogen and oxygen atoms in total. The van der Waals surface area contributed by atoms with Crippen molar-refractivity contribution in [2.45, 2.75) is 108 Å². The summed E-state index contributed by atoms with van der Waals surface area (Å²) < 4.78 is 0. The topological polar surface area (TPSA) is 60.7 Å². The van der Waals surface area contributed by atoms with Crippen LogP contribution in [0.4, 0.5) is 0 Å². The van der Waals surface area contributed by atoms with Gasteiger partial charge < -0.3 is 15.3 Å². The Balaban J connectivity index is 0.000000140. The molecule has 6 aliphatic carbocycles. The molecule has 0 saturated heterocycles. The highest BCUT2D eigenvalue weighted by Gasteiger charge is 2.61. The molecule has 2 aromatic rings. The van der Waals surface area contributed by atoms with Gasteiger partial charge in [0.15, 0.2) is 0 Å². The third-order valence-corrected chi connectivity index (χ3v) is 13.8. The van der Waals surface area contributed by atoms with Gasteiger partial charge in [-0.3, -0.25) is 0 Å². The number of hydrogen-bond donors (Lipinski definition) is 3. The Bertz CT molecular complexity index is 1520. The molecule has 3 heteroatoms. The molecule has 4 fully saturated rings. The van der Waals surface area contributed by atoms with Gasteiger partial charge in [0.1, 0.15) is 17.1 Å². The van der Waals surface area contributed by atoms with Crippen LogP contribution < -0.4 is 0 Å². The van der Waals surface area contributed by atoms with Crippen molar-refractivity contribution >= 4 is 0 Å². The summed E-state index contributed by atoms with van der Waals surface area (Å²) in [4.78, 5) is 0. The summed E-state index contributed by atoms with van der Waals surface area (Å²) in [5, 5.41) is 30.4. The van der Waals surface area contributed by atoms with Crippen LogP contribution >= 0.6 is 0 Å². The molecule has 8 unspecified atom stereocenters. The first-order valence-electron chi connectivity index (χ1n) is 16.8. The molecular formula is C40H48O3. The third-order valence-electron chi connectivity index (χ3n) is 13.8. The van der Waals surface area contributed by atoms with E-state index in [9.17, 15) is 15.3 Å². The van der Waals surface area contributed by atoms with Crippen molar-refractivity contribution < 1.29 is 15.3 Å². The first kappa shape index (κ1) is 28.8. The highest BCUT2D eigenvalue weighted by molar-refractivity contribution is 5.42. The monoisotopic (exact) mass is 576 g/mol. The normalized spacial score (nSPS) is 40.2. The molecule has 0 bridgehead atoms. The van der Waals surface area contributed by atoms with E-state index in [1.807, 2.05) is 24.3 Å². The van der Waals surface area contributed by atoms with Gasteiger partial charge >= 0.3 is 0 Å². The summed E-state index contributed by atoms with van der Waals surface area (Å²) in [5.74, 6) is 7.56. The molecule has 0 aromatic heterocycles. The number of aromatic hydroxyl groups is 2. The van der Waals surface area contributed by atoms with E-state index in [0.717, 1.165) is 56.8 Å². The largest absolute Gasteiger partial charge is 0.508 e. The molecule has 4 saturated carbocycles. The van der Waals surface area contributed by atoms with Gasteiger partial charge in [-0.1, -0.05) is 38.5 Å². The highest BCUT2D eigenvalue weighted by Crippen LogP contribution is 2.65. The molecule has 8 rings (SSSR count). The molecule has 0 aliphatic heterocycles. The number of allylic oxidation sites excluding steroid dienone is 1. The van der Waals surface area contributed by atoms with Gasteiger partial charge in [-0.15, -0.1) is 12.2 Å². The van der Waals surface area contributed by atoms with Gasteiger partial charge in [0.05, 0.1) is 0 Å². The minimum atomic E-state index is -0.919. The summed E-state index contributed by atoms with van der Waals surface area (Å²) in [6.07, 6.45) is 19.3. The van der Waals surface area contributed by atoms with Crippen LogP contribution in [0.2, 0.25) is 0 Å². The number of hydrogen-bond acceptors (Lipinski definition) is 3. The molecule has 0 heterocycles. The third kappa shape index (κ3) is 4.28. The standard InChI is InChI=1S/C20H24O2.C20H24O/c1-3-20(22)11-9-18-17-6-4-13-12-14(21)5-7-15(13)16(17)8-10-19(18,20)2;1-3-14-5-9-19-18-7-4-13-12-15(21)6-8-16(13)17(18)10-11-20(14,19)2/h1,5,7,12,16-18,21-22H,4,6,8-11H2,2H3;6,8,12,17-19,21H,1,4-5,7,9-11H2,2H3/t16?,17?,18?,19?,20-;/m0./s1. The van der Waals surface area contributed by atoms with E-state index in [1.165, 1.54) is 59.9 Å². The summed E-state index contributed by atoms with van der Waals surface area (Å²) in [7, 11) is 0. The maximum Gasteiger partial charge on any atom is 0.130 e. The van der Waals surface area contributed by atoms with E-state index in [4.69, 9.17) is 6.42 Å². The summed E-state index contributed by atoms with van der Waals surface area (Å²) >= 11 is 0. The van der Waals surface area contributed by atoms with Crippen LogP contribution in [0.5, 0.6) is 11.5 Å². The molecule has 9 atom stereocenters. The summed E-state index contributed by atoms with van der Waals surface area (Å²) in [5.41, 5.74) is 9.70. The number of terminal acetylenes is 1. The zero-order chi connectivity index (χ0) is 30.1. The minimum Gasteiger partial charge on any atom is -0.508 e. The molecular weight excluding hydrogens is 528 g/mol. The second-order valence-electron chi connectivity index (χ2n) is 15.2. The van der Waals surface area contributed by atoms with E-state index in [1.54, 1.807) is 0 Å². The van der Waals surface area contributed by atoms with Crippen LogP contribution in [-0.2, 0) is 12.8 Å². The van der Waals surface area contributed by atoms with Crippen molar-refractivity contribution in [1.82, 2.24) is 0 Å². The van der Waals surface area contributed by atoms with Crippen LogP contribution in [0.1, 0.15) is 112 Å². The van der Waals surface area contributed by atoms with Gasteiger partial charge in [-0.25, -0.2) is 0 Å². The van der Waals surface area contributed by atoms with Crippen LogP contribution in [-0.4, -0.2) is 20.9 Å². The fraction of sp³-hybridized carbons (Fsp3) is 0.575. The van der Waals surface area contributed by atoms with E-state index in [0.29, 0.717) is 40.6 Å². The number of rotatable bonds is 0. The molecule has 226 valence electrons. The van der Waals surface area contributed by atoms with Gasteiger partial charge in [-0.2, -0.15) is 0 Å². The zero-order valence-electron chi connectivity index (χ0n) is 26.0.